The Labute approximate surface area is 96.1 Å². The topological polar surface area (TPSA) is 17.1 Å². The van der Waals surface area contributed by atoms with E-state index in [0.29, 0.717) is 0 Å². The van der Waals surface area contributed by atoms with E-state index in [1.807, 2.05) is 48.6 Å². The van der Waals surface area contributed by atoms with E-state index in [2.05, 4.69) is 6.58 Å². The number of hydrogen-bond acceptors (Lipinski definition) is 1. The summed E-state index contributed by atoms with van der Waals surface area (Å²) in [5.41, 5.74) is 2.06. The predicted octanol–water partition coefficient (Wildman–Crippen LogP) is 3.57. The zero-order valence-corrected chi connectivity index (χ0v) is 9.04. The summed E-state index contributed by atoms with van der Waals surface area (Å²) < 4.78 is 0. The van der Waals surface area contributed by atoms with Crippen molar-refractivity contribution in [3.05, 3.63) is 78.4 Å². The minimum absolute atomic E-state index is 0.764. The second-order valence-corrected chi connectivity index (χ2v) is 3.15. The van der Waals surface area contributed by atoms with Gasteiger partial charge in [0.2, 0.25) is 0 Å². The molecule has 0 fully saturated rings. The maximum atomic E-state index is 10.3. The van der Waals surface area contributed by atoms with E-state index in [1.54, 1.807) is 12.2 Å². The molecule has 1 aromatic rings. The highest BCUT2D eigenvalue weighted by molar-refractivity contribution is 5.69. The Hall–Kier alpha value is -2.15. The molecule has 0 bridgehead atoms. The highest BCUT2D eigenvalue weighted by Gasteiger charge is 1.88. The quantitative estimate of drug-likeness (QED) is 0.412. The van der Waals surface area contributed by atoms with Crippen LogP contribution < -0.4 is 0 Å². The summed E-state index contributed by atoms with van der Waals surface area (Å²) in [4.78, 5) is 10.3. The molecule has 0 atom stereocenters. The van der Waals surface area contributed by atoms with E-state index in [9.17, 15) is 4.79 Å². The van der Waals surface area contributed by atoms with Gasteiger partial charge in [-0.05, 0) is 23.3 Å². The number of carbonyl (C=O) groups excluding carboxylic acids is 1. The van der Waals surface area contributed by atoms with Crippen LogP contribution in [0.1, 0.15) is 5.56 Å². The molecule has 1 aromatic carbocycles. The number of hydrogen-bond donors (Lipinski definition) is 0. The van der Waals surface area contributed by atoms with Crippen LogP contribution in [0.3, 0.4) is 0 Å². The minimum Gasteiger partial charge on any atom is -0.299 e. The van der Waals surface area contributed by atoms with Crippen molar-refractivity contribution >= 4 is 12.4 Å². The lowest BCUT2D eigenvalue weighted by molar-refractivity contribution is -0.104. The molecule has 0 aromatic heterocycles. The van der Waals surface area contributed by atoms with E-state index >= 15 is 0 Å². The summed E-state index contributed by atoms with van der Waals surface area (Å²) >= 11 is 0. The van der Waals surface area contributed by atoms with Crippen LogP contribution >= 0.6 is 0 Å². The van der Waals surface area contributed by atoms with Gasteiger partial charge >= 0.3 is 0 Å². The number of benzene rings is 1. The molecule has 0 aliphatic carbocycles. The lowest BCUT2D eigenvalue weighted by Gasteiger charge is -1.95. The molecule has 16 heavy (non-hydrogen) atoms. The van der Waals surface area contributed by atoms with Gasteiger partial charge in [-0.15, -0.1) is 0 Å². The fourth-order valence-electron chi connectivity index (χ4n) is 1.22. The van der Waals surface area contributed by atoms with E-state index < -0.39 is 0 Å². The van der Waals surface area contributed by atoms with Crippen molar-refractivity contribution in [3.8, 4) is 0 Å². The smallest absolute Gasteiger partial charge is 0.142 e. The standard InChI is InChI=1S/C15H14O/c1-2-3-8-14(11-7-12-16)13-15-9-5-4-6-10-15/h2-13H,1H2. The van der Waals surface area contributed by atoms with E-state index in [0.717, 1.165) is 17.4 Å². The normalized spacial score (nSPS) is 12.1. The van der Waals surface area contributed by atoms with E-state index in [-0.39, 0.29) is 0 Å². The SMILES string of the molecule is C=CC=CC(C=CC=O)=Cc1ccccc1. The van der Waals surface area contributed by atoms with Crippen LogP contribution in [-0.2, 0) is 4.79 Å². The molecular formula is C15H14O. The Morgan fingerprint density at radius 3 is 2.38 bits per heavy atom. The van der Waals surface area contributed by atoms with Gasteiger partial charge in [0, 0.05) is 0 Å². The minimum atomic E-state index is 0.764. The molecule has 0 spiro atoms. The number of rotatable bonds is 5. The molecule has 0 aliphatic rings. The molecule has 0 aliphatic heterocycles. The zero-order chi connectivity index (χ0) is 11.6. The van der Waals surface area contributed by atoms with Gasteiger partial charge in [0.25, 0.3) is 0 Å². The van der Waals surface area contributed by atoms with E-state index in [1.165, 1.54) is 6.08 Å². The lowest BCUT2D eigenvalue weighted by Crippen LogP contribution is -1.75. The average molecular weight is 210 g/mol. The van der Waals surface area contributed by atoms with E-state index in [4.69, 9.17) is 0 Å². The Bertz CT molecular complexity index is 402. The highest BCUT2D eigenvalue weighted by Crippen LogP contribution is 2.09. The molecule has 0 saturated heterocycles. The largest absolute Gasteiger partial charge is 0.299 e. The molecule has 0 heterocycles. The monoisotopic (exact) mass is 210 g/mol. The fraction of sp³-hybridized carbons (Fsp3) is 0. The first-order valence-corrected chi connectivity index (χ1v) is 5.04. The van der Waals surface area contributed by atoms with Crippen molar-refractivity contribution in [2.45, 2.75) is 0 Å². The Kier molecular flexibility index (Phi) is 5.35. The number of allylic oxidation sites excluding steroid dienone is 6. The third kappa shape index (κ3) is 4.38. The lowest BCUT2D eigenvalue weighted by atomic mass is 10.1. The van der Waals surface area contributed by atoms with Gasteiger partial charge in [-0.2, -0.15) is 0 Å². The third-order valence-electron chi connectivity index (χ3n) is 1.92. The molecule has 0 radical (unpaired) electrons. The van der Waals surface area contributed by atoms with Crippen LogP contribution in [0.2, 0.25) is 0 Å². The first-order valence-electron chi connectivity index (χ1n) is 5.04. The second kappa shape index (κ2) is 7.18. The molecule has 1 rings (SSSR count). The molecule has 1 nitrogen and oxygen atoms in total. The summed E-state index contributed by atoms with van der Waals surface area (Å²) in [7, 11) is 0. The van der Waals surface area contributed by atoms with Gasteiger partial charge < -0.3 is 0 Å². The van der Waals surface area contributed by atoms with Crippen LogP contribution in [0, 0.1) is 0 Å². The van der Waals surface area contributed by atoms with Crippen molar-refractivity contribution in [2.75, 3.05) is 0 Å². The molecule has 80 valence electrons. The average Bonchev–Trinajstić information content (AvgIpc) is 2.34. The fourth-order valence-corrected chi connectivity index (χ4v) is 1.22. The first kappa shape index (κ1) is 11.9. The summed E-state index contributed by atoms with van der Waals surface area (Å²) in [5.74, 6) is 0. The Morgan fingerprint density at radius 2 is 1.75 bits per heavy atom. The Morgan fingerprint density at radius 1 is 1.06 bits per heavy atom. The molecule has 0 amide bonds. The third-order valence-corrected chi connectivity index (χ3v) is 1.92. The first-order chi connectivity index (χ1) is 7.86. The van der Waals surface area contributed by atoms with Crippen molar-refractivity contribution in [1.29, 1.82) is 0 Å². The summed E-state index contributed by atoms with van der Waals surface area (Å²) in [6, 6.07) is 9.94. The van der Waals surface area contributed by atoms with Gasteiger partial charge in [-0.25, -0.2) is 0 Å². The van der Waals surface area contributed by atoms with Crippen LogP contribution in [0.4, 0.5) is 0 Å². The molecule has 1 heteroatoms. The summed E-state index contributed by atoms with van der Waals surface area (Å²) in [6.07, 6.45) is 11.4. The predicted molar refractivity (Wildman–Crippen MR) is 69.0 cm³/mol. The summed E-state index contributed by atoms with van der Waals surface area (Å²) in [6.45, 7) is 3.61. The van der Waals surface area contributed by atoms with Crippen molar-refractivity contribution in [1.82, 2.24) is 0 Å². The summed E-state index contributed by atoms with van der Waals surface area (Å²) in [5, 5.41) is 0. The maximum absolute atomic E-state index is 10.3. The van der Waals surface area contributed by atoms with Gasteiger partial charge in [-0.1, -0.05) is 61.2 Å². The van der Waals surface area contributed by atoms with Crippen LogP contribution in [0.25, 0.3) is 6.08 Å². The van der Waals surface area contributed by atoms with Gasteiger partial charge in [0.1, 0.15) is 6.29 Å². The van der Waals surface area contributed by atoms with Gasteiger partial charge in [-0.3, -0.25) is 4.79 Å². The molecule has 0 N–H and O–H groups in total. The van der Waals surface area contributed by atoms with Crippen LogP contribution in [0.15, 0.2) is 72.9 Å². The van der Waals surface area contributed by atoms with Crippen molar-refractivity contribution in [3.63, 3.8) is 0 Å². The second-order valence-electron chi connectivity index (χ2n) is 3.15. The zero-order valence-electron chi connectivity index (χ0n) is 9.04. The highest BCUT2D eigenvalue weighted by atomic mass is 16.1. The van der Waals surface area contributed by atoms with Crippen molar-refractivity contribution < 1.29 is 4.79 Å². The van der Waals surface area contributed by atoms with Crippen LogP contribution in [0.5, 0.6) is 0 Å². The molecule has 0 unspecified atom stereocenters. The number of carbonyl (C=O) groups is 1. The maximum Gasteiger partial charge on any atom is 0.142 e. The molecular weight excluding hydrogens is 196 g/mol. The van der Waals surface area contributed by atoms with Crippen molar-refractivity contribution in [2.24, 2.45) is 0 Å². The van der Waals surface area contributed by atoms with Crippen LogP contribution in [-0.4, -0.2) is 6.29 Å². The number of aldehydes is 1. The van der Waals surface area contributed by atoms with Gasteiger partial charge in [0.05, 0.1) is 0 Å². The van der Waals surface area contributed by atoms with Gasteiger partial charge in [0.15, 0.2) is 0 Å². The molecule has 0 saturated carbocycles. The Balaban J connectivity index is 2.95.